The summed E-state index contributed by atoms with van der Waals surface area (Å²) in [4.78, 5) is 24.4. The molecule has 132 valence electrons. The van der Waals surface area contributed by atoms with Gasteiger partial charge in [0, 0.05) is 5.56 Å². The molecule has 3 rings (SSSR count). The molecule has 1 aromatic rings. The predicted molar refractivity (Wildman–Crippen MR) is 87.4 cm³/mol. The van der Waals surface area contributed by atoms with Crippen molar-refractivity contribution in [2.45, 2.75) is 12.8 Å². The molecular weight excluding hydrogens is 328 g/mol. The number of hydrogen-bond acceptors (Lipinski definition) is 7. The molecule has 0 amide bonds. The minimum atomic E-state index is -0.800. The summed E-state index contributed by atoms with van der Waals surface area (Å²) in [6.07, 6.45) is 1.06. The minimum absolute atomic E-state index is 0.0878. The summed E-state index contributed by atoms with van der Waals surface area (Å²) in [5.41, 5.74) is 1.72. The van der Waals surface area contributed by atoms with E-state index in [0.29, 0.717) is 35.5 Å². The predicted octanol–water partition coefficient (Wildman–Crippen LogP) is 1.95. The zero-order valence-electron chi connectivity index (χ0n) is 14.2. The molecule has 1 heterocycles. The number of hydrogen-bond donors (Lipinski definition) is 1. The summed E-state index contributed by atoms with van der Waals surface area (Å²) in [6, 6.07) is 3.33. The van der Waals surface area contributed by atoms with Gasteiger partial charge in [-0.1, -0.05) is 0 Å². The van der Waals surface area contributed by atoms with E-state index in [-0.39, 0.29) is 23.5 Å². The number of benzene rings is 1. The second-order valence-corrected chi connectivity index (χ2v) is 5.63. The van der Waals surface area contributed by atoms with Gasteiger partial charge in [0.2, 0.25) is 0 Å². The summed E-state index contributed by atoms with van der Waals surface area (Å²) in [6.45, 7) is 0.102. The van der Waals surface area contributed by atoms with E-state index in [1.807, 2.05) is 0 Å². The Morgan fingerprint density at radius 3 is 2.44 bits per heavy atom. The number of ether oxygens (including phenoxy) is 4. The van der Waals surface area contributed by atoms with Crippen molar-refractivity contribution in [2.24, 2.45) is 0 Å². The fourth-order valence-corrected chi connectivity index (χ4v) is 3.11. The number of aryl methyl sites for hydroxylation is 1. The molecule has 0 aromatic heterocycles. The number of aliphatic hydroxyl groups is 1. The zero-order valence-corrected chi connectivity index (χ0v) is 14.2. The van der Waals surface area contributed by atoms with Gasteiger partial charge in [-0.15, -0.1) is 0 Å². The molecule has 0 radical (unpaired) electrons. The van der Waals surface area contributed by atoms with Crippen LogP contribution in [-0.2, 0) is 25.5 Å². The van der Waals surface area contributed by atoms with E-state index in [1.54, 1.807) is 12.1 Å². The van der Waals surface area contributed by atoms with Crippen molar-refractivity contribution < 1.29 is 33.6 Å². The molecule has 0 fully saturated rings. The van der Waals surface area contributed by atoms with E-state index in [1.165, 1.54) is 21.3 Å². The molecule has 1 aliphatic carbocycles. The monoisotopic (exact) mass is 346 g/mol. The van der Waals surface area contributed by atoms with Crippen LogP contribution in [0.25, 0.3) is 5.76 Å². The van der Waals surface area contributed by atoms with Gasteiger partial charge in [0.1, 0.15) is 17.9 Å². The lowest BCUT2D eigenvalue weighted by atomic mass is 9.88. The van der Waals surface area contributed by atoms with Crippen LogP contribution in [0.1, 0.15) is 17.5 Å². The molecule has 7 heteroatoms. The fraction of sp³-hybridized carbons (Fsp3) is 0.333. The molecule has 1 aliphatic heterocycles. The van der Waals surface area contributed by atoms with Crippen molar-refractivity contribution in [1.29, 1.82) is 0 Å². The van der Waals surface area contributed by atoms with Gasteiger partial charge < -0.3 is 24.1 Å². The van der Waals surface area contributed by atoms with Crippen LogP contribution in [0.4, 0.5) is 0 Å². The summed E-state index contributed by atoms with van der Waals surface area (Å²) in [5.74, 6) is -0.853. The lowest BCUT2D eigenvalue weighted by molar-refractivity contribution is -0.139. The largest absolute Gasteiger partial charge is 0.506 e. The topological polar surface area (TPSA) is 91.3 Å². The number of cyclic esters (lactones) is 1. The normalized spacial score (nSPS) is 16.5. The van der Waals surface area contributed by atoms with Crippen molar-refractivity contribution >= 4 is 17.7 Å². The van der Waals surface area contributed by atoms with Crippen molar-refractivity contribution in [3.63, 3.8) is 0 Å². The molecule has 0 saturated carbocycles. The first-order valence-corrected chi connectivity index (χ1v) is 7.68. The van der Waals surface area contributed by atoms with Crippen LogP contribution in [-0.4, -0.2) is 45.0 Å². The molecule has 7 nitrogen and oxygen atoms in total. The Kier molecular flexibility index (Phi) is 4.39. The first kappa shape index (κ1) is 16.9. The van der Waals surface area contributed by atoms with Gasteiger partial charge in [-0.3, -0.25) is 0 Å². The molecule has 0 unspecified atom stereocenters. The maximum Gasteiger partial charge on any atom is 0.342 e. The Labute approximate surface area is 144 Å². The molecule has 25 heavy (non-hydrogen) atoms. The van der Waals surface area contributed by atoms with Crippen LogP contribution in [0.5, 0.6) is 11.5 Å². The second kappa shape index (κ2) is 6.51. The fourth-order valence-electron chi connectivity index (χ4n) is 3.11. The lowest BCUT2D eigenvalue weighted by Crippen LogP contribution is -2.17. The third-order valence-corrected chi connectivity index (χ3v) is 4.37. The smallest absolute Gasteiger partial charge is 0.342 e. The van der Waals surface area contributed by atoms with Crippen LogP contribution >= 0.6 is 0 Å². The van der Waals surface area contributed by atoms with Crippen LogP contribution in [0.2, 0.25) is 0 Å². The average molecular weight is 346 g/mol. The number of rotatable bonds is 3. The highest BCUT2D eigenvalue weighted by molar-refractivity contribution is 6.13. The Morgan fingerprint density at radius 2 is 1.80 bits per heavy atom. The summed E-state index contributed by atoms with van der Waals surface area (Å²) in [7, 11) is 4.19. The molecule has 1 N–H and O–H groups in total. The molecule has 0 saturated heterocycles. The van der Waals surface area contributed by atoms with Crippen molar-refractivity contribution in [2.75, 3.05) is 27.9 Å². The maximum atomic E-state index is 12.3. The molecular formula is C18H18O7. The van der Waals surface area contributed by atoms with E-state index in [2.05, 4.69) is 0 Å². The van der Waals surface area contributed by atoms with E-state index >= 15 is 0 Å². The SMILES string of the molecule is COC(=O)C1=C(O)c2cc(OC)c(OC)cc2CCC2=C1C(=O)OC2. The maximum absolute atomic E-state index is 12.3. The van der Waals surface area contributed by atoms with Gasteiger partial charge in [-0.05, 0) is 36.1 Å². The van der Waals surface area contributed by atoms with Gasteiger partial charge in [-0.2, -0.15) is 0 Å². The summed E-state index contributed by atoms with van der Waals surface area (Å²) < 4.78 is 20.4. The number of methoxy groups -OCH3 is 3. The lowest BCUT2D eigenvalue weighted by Gasteiger charge is -2.19. The summed E-state index contributed by atoms with van der Waals surface area (Å²) in [5, 5.41) is 10.8. The molecule has 0 spiro atoms. The third kappa shape index (κ3) is 2.71. The van der Waals surface area contributed by atoms with E-state index < -0.39 is 11.9 Å². The number of fused-ring (bicyclic) bond motifs is 1. The Morgan fingerprint density at radius 1 is 1.12 bits per heavy atom. The van der Waals surface area contributed by atoms with E-state index in [9.17, 15) is 14.7 Å². The molecule has 0 atom stereocenters. The minimum Gasteiger partial charge on any atom is -0.506 e. The number of esters is 2. The van der Waals surface area contributed by atoms with Crippen LogP contribution in [0.15, 0.2) is 28.9 Å². The standard InChI is InChI=1S/C18H18O7/c1-22-12-6-9-4-5-10-8-25-18(21)14(10)15(17(20)24-3)16(19)11(9)7-13(12)23-2/h6-7,19H,4-5,8H2,1-3H3. The van der Waals surface area contributed by atoms with E-state index in [0.717, 1.165) is 5.56 Å². The van der Waals surface area contributed by atoms with Crippen molar-refractivity contribution in [3.8, 4) is 11.5 Å². The first-order chi connectivity index (χ1) is 12.0. The van der Waals surface area contributed by atoms with Crippen LogP contribution in [0, 0.1) is 0 Å². The third-order valence-electron chi connectivity index (χ3n) is 4.37. The molecule has 0 bridgehead atoms. The average Bonchev–Trinajstić information content (AvgIpc) is 2.98. The van der Waals surface area contributed by atoms with Gasteiger partial charge in [0.05, 0.1) is 26.9 Å². The number of carbonyl (C=O) groups is 2. The van der Waals surface area contributed by atoms with Crippen LogP contribution < -0.4 is 9.47 Å². The van der Waals surface area contributed by atoms with Gasteiger partial charge in [0.15, 0.2) is 11.5 Å². The van der Waals surface area contributed by atoms with E-state index in [4.69, 9.17) is 18.9 Å². The number of aliphatic hydroxyl groups excluding tert-OH is 1. The van der Waals surface area contributed by atoms with Crippen molar-refractivity contribution in [1.82, 2.24) is 0 Å². The Balaban J connectivity index is 2.29. The summed E-state index contributed by atoms with van der Waals surface area (Å²) >= 11 is 0. The van der Waals surface area contributed by atoms with Gasteiger partial charge in [-0.25, -0.2) is 9.59 Å². The highest BCUT2D eigenvalue weighted by Gasteiger charge is 2.36. The van der Waals surface area contributed by atoms with Gasteiger partial charge >= 0.3 is 11.9 Å². The number of carbonyl (C=O) groups excluding carboxylic acids is 2. The zero-order chi connectivity index (χ0) is 18.1. The quantitative estimate of drug-likeness (QED) is 0.836. The van der Waals surface area contributed by atoms with Gasteiger partial charge in [0.25, 0.3) is 0 Å². The molecule has 1 aromatic carbocycles. The second-order valence-electron chi connectivity index (χ2n) is 5.63. The molecule has 2 aliphatic rings. The Bertz CT molecular complexity index is 817. The Hall–Kier alpha value is -2.96. The first-order valence-electron chi connectivity index (χ1n) is 7.68. The van der Waals surface area contributed by atoms with Crippen LogP contribution in [0.3, 0.4) is 0 Å². The van der Waals surface area contributed by atoms with Crippen molar-refractivity contribution in [3.05, 3.63) is 40.0 Å². The highest BCUT2D eigenvalue weighted by Crippen LogP contribution is 2.39. The highest BCUT2D eigenvalue weighted by atomic mass is 16.5.